The zero-order chi connectivity index (χ0) is 18.6. The molecule has 0 saturated carbocycles. The Morgan fingerprint density at radius 1 is 1.20 bits per heavy atom. The Morgan fingerprint density at radius 2 is 1.88 bits per heavy atom. The van der Waals surface area contributed by atoms with Crippen molar-refractivity contribution < 1.29 is 19.2 Å². The van der Waals surface area contributed by atoms with Crippen molar-refractivity contribution in [2.75, 3.05) is 11.9 Å². The van der Waals surface area contributed by atoms with Gasteiger partial charge in [0.15, 0.2) is 6.61 Å². The van der Waals surface area contributed by atoms with Crippen LogP contribution in [0.1, 0.15) is 15.9 Å². The molecule has 130 valence electrons. The van der Waals surface area contributed by atoms with Gasteiger partial charge in [-0.3, -0.25) is 14.9 Å². The van der Waals surface area contributed by atoms with E-state index in [9.17, 15) is 19.7 Å². The van der Waals surface area contributed by atoms with Crippen molar-refractivity contribution >= 4 is 46.5 Å². The number of carbonyl (C=O) groups excluding carboxylic acids is 2. The van der Waals surface area contributed by atoms with Crippen LogP contribution in [0.25, 0.3) is 0 Å². The predicted molar refractivity (Wildman–Crippen MR) is 93.2 cm³/mol. The Labute approximate surface area is 152 Å². The van der Waals surface area contributed by atoms with Gasteiger partial charge in [-0.15, -0.1) is 0 Å². The van der Waals surface area contributed by atoms with E-state index in [4.69, 9.17) is 27.9 Å². The zero-order valence-corrected chi connectivity index (χ0v) is 14.4. The standard InChI is InChI=1S/C16H12Cl2N2O5/c1-9-4-2-7-12(20(23)24)15(9)19-13(21)8-25-16(22)10-5-3-6-11(17)14(10)18/h2-7H,8H2,1H3,(H,19,21). The summed E-state index contributed by atoms with van der Waals surface area (Å²) >= 11 is 11.7. The van der Waals surface area contributed by atoms with Crippen molar-refractivity contribution in [1.29, 1.82) is 0 Å². The minimum atomic E-state index is -0.832. The minimum Gasteiger partial charge on any atom is -0.452 e. The van der Waals surface area contributed by atoms with Crippen LogP contribution in [0.15, 0.2) is 36.4 Å². The molecule has 0 heterocycles. The number of carbonyl (C=O) groups is 2. The molecule has 2 aromatic rings. The average Bonchev–Trinajstić information content (AvgIpc) is 2.56. The first-order valence-electron chi connectivity index (χ1n) is 6.96. The monoisotopic (exact) mass is 382 g/mol. The Morgan fingerprint density at radius 3 is 2.56 bits per heavy atom. The van der Waals surface area contributed by atoms with Gasteiger partial charge in [0.1, 0.15) is 5.69 Å². The molecular formula is C16H12Cl2N2O5. The van der Waals surface area contributed by atoms with E-state index in [1.165, 1.54) is 30.3 Å². The number of esters is 1. The van der Waals surface area contributed by atoms with Crippen molar-refractivity contribution in [2.24, 2.45) is 0 Å². The van der Waals surface area contributed by atoms with Gasteiger partial charge in [0.25, 0.3) is 11.6 Å². The fourth-order valence-corrected chi connectivity index (χ4v) is 2.39. The fourth-order valence-electron chi connectivity index (χ4n) is 2.01. The van der Waals surface area contributed by atoms with Crippen molar-refractivity contribution in [3.8, 4) is 0 Å². The molecule has 7 nitrogen and oxygen atoms in total. The number of ether oxygens (including phenoxy) is 1. The normalized spacial score (nSPS) is 10.2. The van der Waals surface area contributed by atoms with Gasteiger partial charge < -0.3 is 10.1 Å². The first-order valence-corrected chi connectivity index (χ1v) is 7.72. The average molecular weight is 383 g/mol. The lowest BCUT2D eigenvalue weighted by molar-refractivity contribution is -0.384. The van der Waals surface area contributed by atoms with E-state index in [1.54, 1.807) is 13.0 Å². The second-order valence-electron chi connectivity index (χ2n) is 4.95. The highest BCUT2D eigenvalue weighted by atomic mass is 35.5. The summed E-state index contributed by atoms with van der Waals surface area (Å²) < 4.78 is 4.87. The Bertz CT molecular complexity index is 854. The first kappa shape index (κ1) is 18.7. The number of benzene rings is 2. The summed E-state index contributed by atoms with van der Waals surface area (Å²) in [6, 6.07) is 8.80. The van der Waals surface area contributed by atoms with Crippen LogP contribution in [0.5, 0.6) is 0 Å². The van der Waals surface area contributed by atoms with E-state index >= 15 is 0 Å². The third-order valence-electron chi connectivity index (χ3n) is 3.22. The number of rotatable bonds is 5. The Kier molecular flexibility index (Phi) is 5.95. The molecular weight excluding hydrogens is 371 g/mol. The molecule has 25 heavy (non-hydrogen) atoms. The largest absolute Gasteiger partial charge is 0.452 e. The molecule has 0 saturated heterocycles. The topological polar surface area (TPSA) is 98.5 Å². The van der Waals surface area contributed by atoms with Crippen molar-refractivity contribution in [3.05, 3.63) is 67.7 Å². The van der Waals surface area contributed by atoms with E-state index < -0.39 is 23.4 Å². The van der Waals surface area contributed by atoms with Crippen LogP contribution >= 0.6 is 23.2 Å². The van der Waals surface area contributed by atoms with Crippen LogP contribution in [0.2, 0.25) is 10.0 Å². The summed E-state index contributed by atoms with van der Waals surface area (Å²) in [5.41, 5.74) is 0.322. The number of nitro benzene ring substituents is 1. The van der Waals surface area contributed by atoms with Gasteiger partial charge in [0, 0.05) is 6.07 Å². The predicted octanol–water partition coefficient (Wildman–Crippen LogP) is 4.01. The van der Waals surface area contributed by atoms with Crippen LogP contribution in [0, 0.1) is 17.0 Å². The molecule has 0 aliphatic rings. The minimum absolute atomic E-state index is 0.0174. The van der Waals surface area contributed by atoms with Crippen molar-refractivity contribution in [2.45, 2.75) is 6.92 Å². The molecule has 1 N–H and O–H groups in total. The molecule has 0 atom stereocenters. The van der Waals surface area contributed by atoms with Crippen molar-refractivity contribution in [3.63, 3.8) is 0 Å². The highest BCUT2D eigenvalue weighted by Crippen LogP contribution is 2.28. The SMILES string of the molecule is Cc1cccc([N+](=O)[O-])c1NC(=O)COC(=O)c1cccc(Cl)c1Cl. The smallest absolute Gasteiger partial charge is 0.340 e. The highest BCUT2D eigenvalue weighted by molar-refractivity contribution is 6.43. The molecule has 0 aromatic heterocycles. The summed E-state index contributed by atoms with van der Waals surface area (Å²) in [7, 11) is 0. The molecule has 2 rings (SSSR count). The maximum absolute atomic E-state index is 12.0. The number of nitro groups is 1. The van der Waals surface area contributed by atoms with Gasteiger partial charge in [-0.1, -0.05) is 41.4 Å². The summed E-state index contributed by atoms with van der Waals surface area (Å²) in [5.74, 6) is -1.55. The lowest BCUT2D eigenvalue weighted by Gasteiger charge is -2.10. The fraction of sp³-hybridized carbons (Fsp3) is 0.125. The highest BCUT2D eigenvalue weighted by Gasteiger charge is 2.19. The van der Waals surface area contributed by atoms with Gasteiger partial charge in [0.2, 0.25) is 0 Å². The lowest BCUT2D eigenvalue weighted by atomic mass is 10.1. The zero-order valence-electron chi connectivity index (χ0n) is 12.9. The maximum atomic E-state index is 12.0. The quantitative estimate of drug-likeness (QED) is 0.478. The number of hydrogen-bond donors (Lipinski definition) is 1. The number of hydrogen-bond acceptors (Lipinski definition) is 5. The summed E-state index contributed by atoms with van der Waals surface area (Å²) in [5, 5.41) is 13.6. The summed E-state index contributed by atoms with van der Waals surface area (Å²) in [6.45, 7) is 0.980. The molecule has 2 aromatic carbocycles. The molecule has 0 radical (unpaired) electrons. The van der Waals surface area contributed by atoms with Crippen LogP contribution in [0.3, 0.4) is 0 Å². The molecule has 9 heteroatoms. The molecule has 0 aliphatic heterocycles. The van der Waals surface area contributed by atoms with Crippen LogP contribution in [0.4, 0.5) is 11.4 Å². The first-order chi connectivity index (χ1) is 11.8. The van der Waals surface area contributed by atoms with E-state index in [1.807, 2.05) is 0 Å². The number of nitrogens with one attached hydrogen (secondary N) is 1. The van der Waals surface area contributed by atoms with Gasteiger partial charge in [-0.05, 0) is 24.6 Å². The third-order valence-corrected chi connectivity index (χ3v) is 4.04. The van der Waals surface area contributed by atoms with Gasteiger partial charge in [-0.25, -0.2) is 4.79 Å². The summed E-state index contributed by atoms with van der Waals surface area (Å²) in [6.07, 6.45) is 0. The summed E-state index contributed by atoms with van der Waals surface area (Å²) in [4.78, 5) is 34.3. The second kappa shape index (κ2) is 7.96. The van der Waals surface area contributed by atoms with E-state index in [0.717, 1.165) is 0 Å². The van der Waals surface area contributed by atoms with E-state index in [2.05, 4.69) is 5.32 Å². The molecule has 0 spiro atoms. The number of anilines is 1. The second-order valence-corrected chi connectivity index (χ2v) is 5.74. The molecule has 0 aliphatic carbocycles. The maximum Gasteiger partial charge on any atom is 0.340 e. The van der Waals surface area contributed by atoms with Gasteiger partial charge >= 0.3 is 5.97 Å². The third kappa shape index (κ3) is 4.46. The number of aryl methyl sites for hydroxylation is 1. The number of para-hydroxylation sites is 1. The van der Waals surface area contributed by atoms with Crippen molar-refractivity contribution in [1.82, 2.24) is 0 Å². The Hall–Kier alpha value is -2.64. The molecule has 0 fully saturated rings. The van der Waals surface area contributed by atoms with E-state index in [0.29, 0.717) is 5.56 Å². The molecule has 1 amide bonds. The van der Waals surface area contributed by atoms with Crippen LogP contribution in [-0.4, -0.2) is 23.4 Å². The number of nitrogens with zero attached hydrogens (tertiary/aromatic N) is 1. The number of amides is 1. The Balaban J connectivity index is 2.06. The van der Waals surface area contributed by atoms with Crippen LogP contribution < -0.4 is 5.32 Å². The van der Waals surface area contributed by atoms with Gasteiger partial charge in [-0.2, -0.15) is 0 Å². The van der Waals surface area contributed by atoms with Crippen LogP contribution in [-0.2, 0) is 9.53 Å². The van der Waals surface area contributed by atoms with Gasteiger partial charge in [0.05, 0.1) is 20.5 Å². The lowest BCUT2D eigenvalue weighted by Crippen LogP contribution is -2.22. The van der Waals surface area contributed by atoms with E-state index in [-0.39, 0.29) is 27.0 Å². The number of halogens is 2. The molecule has 0 unspecified atom stereocenters. The molecule has 0 bridgehead atoms.